The van der Waals surface area contributed by atoms with Gasteiger partial charge in [-0.25, -0.2) is 9.59 Å². The highest BCUT2D eigenvalue weighted by Gasteiger charge is 2.25. The maximum atomic E-state index is 11.4. The number of hydrogen-bond donors (Lipinski definition) is 3. The van der Waals surface area contributed by atoms with Crippen molar-refractivity contribution >= 4 is 18.0 Å². The van der Waals surface area contributed by atoms with Crippen LogP contribution in [0.5, 0.6) is 0 Å². The number of esters is 1. The van der Waals surface area contributed by atoms with Crippen molar-refractivity contribution in [1.29, 1.82) is 0 Å². The third-order valence-corrected chi connectivity index (χ3v) is 2.37. The van der Waals surface area contributed by atoms with E-state index in [2.05, 4.69) is 15.4 Å². The zero-order valence-electron chi connectivity index (χ0n) is 9.40. The van der Waals surface area contributed by atoms with Gasteiger partial charge in [0.15, 0.2) is 0 Å². The number of nitrogens with one attached hydrogen (secondary N) is 2. The average molecular weight is 244 g/mol. The Morgan fingerprint density at radius 3 is 2.76 bits per heavy atom. The molecule has 1 atom stereocenters. The summed E-state index contributed by atoms with van der Waals surface area (Å²) in [5.74, 6) is -1.51. The monoisotopic (exact) mass is 244 g/mol. The van der Waals surface area contributed by atoms with E-state index in [1.165, 1.54) is 0 Å². The van der Waals surface area contributed by atoms with Gasteiger partial charge in [-0.2, -0.15) is 0 Å². The minimum absolute atomic E-state index is 0.0294. The highest BCUT2D eigenvalue weighted by Crippen LogP contribution is 2.06. The number of aliphatic carboxylic acids is 1. The topological polar surface area (TPSA) is 105 Å². The summed E-state index contributed by atoms with van der Waals surface area (Å²) >= 11 is 0. The molecule has 0 spiro atoms. The largest absolute Gasteiger partial charge is 0.481 e. The van der Waals surface area contributed by atoms with Gasteiger partial charge in [0.1, 0.15) is 6.04 Å². The maximum Gasteiger partial charge on any atom is 0.414 e. The molecule has 0 aromatic carbocycles. The zero-order valence-corrected chi connectivity index (χ0v) is 9.40. The second-order valence-corrected chi connectivity index (χ2v) is 3.78. The minimum Gasteiger partial charge on any atom is -0.481 e. The Morgan fingerprint density at radius 1 is 1.41 bits per heavy atom. The minimum atomic E-state index is -0.925. The van der Waals surface area contributed by atoms with E-state index in [4.69, 9.17) is 5.11 Å². The third-order valence-electron chi connectivity index (χ3n) is 2.37. The van der Waals surface area contributed by atoms with Gasteiger partial charge in [-0.15, -0.1) is 0 Å². The fourth-order valence-corrected chi connectivity index (χ4v) is 1.51. The second kappa shape index (κ2) is 6.85. The van der Waals surface area contributed by atoms with E-state index in [9.17, 15) is 14.4 Å². The number of hydrogen-bond acceptors (Lipinski definition) is 5. The van der Waals surface area contributed by atoms with Crippen LogP contribution in [0.4, 0.5) is 4.79 Å². The molecule has 0 aromatic heterocycles. The maximum absolute atomic E-state index is 11.4. The highest BCUT2D eigenvalue weighted by atomic mass is 16.6. The van der Waals surface area contributed by atoms with Crippen molar-refractivity contribution in [3.8, 4) is 0 Å². The molecule has 0 saturated carbocycles. The van der Waals surface area contributed by atoms with E-state index in [-0.39, 0.29) is 13.0 Å². The van der Waals surface area contributed by atoms with Crippen molar-refractivity contribution < 1.29 is 24.2 Å². The molecule has 17 heavy (non-hydrogen) atoms. The molecule has 1 amide bonds. The summed E-state index contributed by atoms with van der Waals surface area (Å²) in [7, 11) is 0. The number of carbonyl (C=O) groups is 3. The Kier molecular flexibility index (Phi) is 5.41. The van der Waals surface area contributed by atoms with Crippen molar-refractivity contribution in [2.45, 2.75) is 31.7 Å². The molecule has 1 saturated heterocycles. The SMILES string of the molecule is O=C(O)CCCNC(=O)OC(=O)[C@@H]1CCCN1. The summed E-state index contributed by atoms with van der Waals surface area (Å²) in [5.41, 5.74) is 0. The van der Waals surface area contributed by atoms with Gasteiger partial charge in [0.2, 0.25) is 0 Å². The summed E-state index contributed by atoms with van der Waals surface area (Å²) in [5, 5.41) is 13.6. The van der Waals surface area contributed by atoms with Crippen molar-refractivity contribution in [1.82, 2.24) is 10.6 Å². The molecule has 0 radical (unpaired) electrons. The predicted molar refractivity (Wildman–Crippen MR) is 57.4 cm³/mol. The van der Waals surface area contributed by atoms with Crippen molar-refractivity contribution in [2.24, 2.45) is 0 Å². The highest BCUT2D eigenvalue weighted by molar-refractivity contribution is 5.87. The molecule has 3 N–H and O–H groups in total. The van der Waals surface area contributed by atoms with Crippen molar-refractivity contribution in [3.63, 3.8) is 0 Å². The molecular formula is C10H16N2O5. The Bertz CT molecular complexity index is 299. The van der Waals surface area contributed by atoms with E-state index in [0.717, 1.165) is 13.0 Å². The number of alkyl carbamates (subject to hydrolysis) is 1. The Labute approximate surface area is 98.5 Å². The summed E-state index contributed by atoms with van der Waals surface area (Å²) in [6, 6.07) is -0.403. The van der Waals surface area contributed by atoms with Gasteiger partial charge in [-0.05, 0) is 25.8 Å². The number of ether oxygens (including phenoxy) is 1. The van der Waals surface area contributed by atoms with E-state index < -0.39 is 24.1 Å². The van der Waals surface area contributed by atoms with E-state index in [1.54, 1.807) is 0 Å². The Morgan fingerprint density at radius 2 is 2.18 bits per heavy atom. The van der Waals surface area contributed by atoms with Crippen LogP contribution in [-0.2, 0) is 14.3 Å². The fourth-order valence-electron chi connectivity index (χ4n) is 1.51. The van der Waals surface area contributed by atoms with Crippen LogP contribution in [0.3, 0.4) is 0 Å². The van der Waals surface area contributed by atoms with E-state index in [0.29, 0.717) is 12.8 Å². The normalized spacial score (nSPS) is 18.7. The number of rotatable bonds is 5. The lowest BCUT2D eigenvalue weighted by Gasteiger charge is -2.09. The summed E-state index contributed by atoms with van der Waals surface area (Å²) in [6.07, 6.45) is 1.01. The summed E-state index contributed by atoms with van der Waals surface area (Å²) in [4.78, 5) is 32.7. The first-order chi connectivity index (χ1) is 8.09. The summed E-state index contributed by atoms with van der Waals surface area (Å²) in [6.45, 7) is 0.927. The van der Waals surface area contributed by atoms with Crippen LogP contribution < -0.4 is 10.6 Å². The molecule has 0 aromatic rings. The van der Waals surface area contributed by atoms with Gasteiger partial charge in [0, 0.05) is 13.0 Å². The fraction of sp³-hybridized carbons (Fsp3) is 0.700. The molecule has 7 heteroatoms. The van der Waals surface area contributed by atoms with E-state index in [1.807, 2.05) is 0 Å². The molecule has 96 valence electrons. The number of carboxylic acids is 1. The zero-order chi connectivity index (χ0) is 12.7. The smallest absolute Gasteiger partial charge is 0.414 e. The lowest BCUT2D eigenvalue weighted by Crippen LogP contribution is -2.37. The lowest BCUT2D eigenvalue weighted by molar-refractivity contribution is -0.140. The van der Waals surface area contributed by atoms with Gasteiger partial charge in [0.25, 0.3) is 0 Å². The van der Waals surface area contributed by atoms with Gasteiger partial charge in [-0.3, -0.25) is 4.79 Å². The molecule has 7 nitrogen and oxygen atoms in total. The number of carboxylic acid groups (broad SMARTS) is 1. The van der Waals surface area contributed by atoms with Gasteiger partial charge < -0.3 is 20.5 Å². The molecular weight excluding hydrogens is 228 g/mol. The first kappa shape index (κ1) is 13.4. The molecule has 1 aliphatic heterocycles. The van der Waals surface area contributed by atoms with Crippen molar-refractivity contribution in [3.05, 3.63) is 0 Å². The van der Waals surface area contributed by atoms with E-state index >= 15 is 0 Å². The molecule has 1 rings (SSSR count). The van der Waals surface area contributed by atoms with Crippen molar-refractivity contribution in [2.75, 3.05) is 13.1 Å². The Balaban J connectivity index is 2.11. The number of amides is 1. The number of carbonyl (C=O) groups excluding carboxylic acids is 2. The van der Waals surface area contributed by atoms with Crippen LogP contribution in [0.15, 0.2) is 0 Å². The molecule has 0 aliphatic carbocycles. The van der Waals surface area contributed by atoms with Crippen LogP contribution in [0.2, 0.25) is 0 Å². The standard InChI is InChI=1S/C10H16N2O5/c13-8(14)4-2-6-12-10(16)17-9(15)7-3-1-5-11-7/h7,11H,1-6H2,(H,12,16)(H,13,14)/t7-/m0/s1. The lowest BCUT2D eigenvalue weighted by atomic mass is 10.2. The molecule has 0 unspecified atom stereocenters. The summed E-state index contributed by atoms with van der Waals surface area (Å²) < 4.78 is 4.54. The van der Waals surface area contributed by atoms with Gasteiger partial charge in [0.05, 0.1) is 0 Å². The quantitative estimate of drug-likeness (QED) is 0.353. The second-order valence-electron chi connectivity index (χ2n) is 3.78. The molecule has 0 bridgehead atoms. The van der Waals surface area contributed by atoms with Gasteiger partial charge in [-0.1, -0.05) is 0 Å². The average Bonchev–Trinajstić information content (AvgIpc) is 2.77. The third kappa shape index (κ3) is 5.30. The van der Waals surface area contributed by atoms with Crippen LogP contribution >= 0.6 is 0 Å². The Hall–Kier alpha value is -1.63. The van der Waals surface area contributed by atoms with Crippen LogP contribution in [0.25, 0.3) is 0 Å². The van der Waals surface area contributed by atoms with Crippen LogP contribution in [-0.4, -0.2) is 42.3 Å². The van der Waals surface area contributed by atoms with Gasteiger partial charge >= 0.3 is 18.0 Å². The first-order valence-electron chi connectivity index (χ1n) is 5.54. The van der Waals surface area contributed by atoms with Crippen LogP contribution in [0, 0.1) is 0 Å². The first-order valence-corrected chi connectivity index (χ1v) is 5.54. The molecule has 1 aliphatic rings. The molecule has 1 fully saturated rings. The molecule has 1 heterocycles. The van der Waals surface area contributed by atoms with Crippen LogP contribution in [0.1, 0.15) is 25.7 Å². The predicted octanol–water partition coefficient (Wildman–Crippen LogP) is -0.144.